The summed E-state index contributed by atoms with van der Waals surface area (Å²) in [7, 11) is 0. The largest absolute Gasteiger partial charge is 0.481 e. The highest BCUT2D eigenvalue weighted by Gasteiger charge is 2.75. The molecule has 0 amide bonds. The molecular formula is C57H90O29. The summed E-state index contributed by atoms with van der Waals surface area (Å²) in [6.07, 6.45) is -35.2. The summed E-state index contributed by atoms with van der Waals surface area (Å²) in [6.45, 7) is 7.22. The van der Waals surface area contributed by atoms with E-state index in [0.717, 1.165) is 5.57 Å². The molecule has 10 aliphatic rings. The zero-order valence-electron chi connectivity index (χ0n) is 49.0. The fraction of sp³-hybridized carbons (Fsp3) is 0.930. The Bertz CT molecular complexity index is 2470. The number of aliphatic hydroxyl groups excluding tert-OH is 15. The van der Waals surface area contributed by atoms with E-state index < -0.39 is 243 Å². The minimum atomic E-state index is -2.21. The number of hydrogen-bond acceptors (Lipinski definition) is 28. The predicted octanol–water partition coefficient (Wildman–Crippen LogP) is -5.29. The molecule has 0 aromatic rings. The van der Waals surface area contributed by atoms with E-state index in [1.54, 1.807) is 0 Å². The molecule has 29 nitrogen and oxygen atoms in total. The first-order chi connectivity index (χ1) is 40.2. The van der Waals surface area contributed by atoms with E-state index in [-0.39, 0.29) is 31.1 Å². The molecule has 492 valence electrons. The molecule has 86 heavy (non-hydrogen) atoms. The van der Waals surface area contributed by atoms with Crippen molar-refractivity contribution in [2.24, 2.45) is 50.2 Å². The summed E-state index contributed by atoms with van der Waals surface area (Å²) in [5.41, 5.74) is -8.17. The van der Waals surface area contributed by atoms with Crippen LogP contribution in [-0.4, -0.2) is 285 Å². The van der Waals surface area contributed by atoms with Gasteiger partial charge in [-0.3, -0.25) is 9.59 Å². The van der Waals surface area contributed by atoms with Gasteiger partial charge in [0.25, 0.3) is 0 Å². The molecule has 5 aliphatic carbocycles. The van der Waals surface area contributed by atoms with Gasteiger partial charge in [0.05, 0.1) is 58.0 Å². The lowest BCUT2D eigenvalue weighted by Crippen LogP contribution is -2.72. The molecule has 4 saturated carbocycles. The van der Waals surface area contributed by atoms with Crippen molar-refractivity contribution < 1.29 is 144 Å². The van der Waals surface area contributed by atoms with Crippen LogP contribution >= 0.6 is 0 Å². The molecule has 0 radical (unpaired) electrons. The smallest absolute Gasteiger partial charge is 0.317 e. The fourth-order valence-corrected chi connectivity index (χ4v) is 17.4. The van der Waals surface area contributed by atoms with Crippen molar-refractivity contribution in [2.45, 2.75) is 240 Å². The zero-order chi connectivity index (χ0) is 62.9. The molecule has 0 aromatic heterocycles. The Balaban J connectivity index is 0.872. The van der Waals surface area contributed by atoms with E-state index in [2.05, 4.69) is 20.8 Å². The molecule has 0 spiro atoms. The van der Waals surface area contributed by atoms with E-state index in [1.165, 1.54) is 6.92 Å². The first-order valence-electron chi connectivity index (χ1n) is 29.9. The van der Waals surface area contributed by atoms with Crippen molar-refractivity contribution in [3.05, 3.63) is 11.6 Å². The Kier molecular flexibility index (Phi) is 18.6. The number of carboxylic acid groups (broad SMARTS) is 1. The number of carboxylic acids is 1. The lowest BCUT2D eigenvalue weighted by atomic mass is 9.33. The van der Waals surface area contributed by atoms with Crippen LogP contribution in [0.4, 0.5) is 0 Å². The van der Waals surface area contributed by atoms with E-state index in [0.29, 0.717) is 25.7 Å². The molecule has 0 aromatic carbocycles. The third-order valence-corrected chi connectivity index (χ3v) is 22.6. The molecular weight excluding hydrogens is 1150 g/mol. The van der Waals surface area contributed by atoms with Gasteiger partial charge in [0.2, 0.25) is 6.29 Å². The maximum Gasteiger partial charge on any atom is 0.317 e. The van der Waals surface area contributed by atoms with Crippen LogP contribution in [0.25, 0.3) is 0 Å². The molecule has 32 atom stereocenters. The highest BCUT2D eigenvalue weighted by atomic mass is 16.8. The Labute approximate surface area is 495 Å². The van der Waals surface area contributed by atoms with Gasteiger partial charge in [-0.2, -0.15) is 0 Å². The number of carbonyl (C=O) groups excluding carboxylic acids is 1. The Morgan fingerprint density at radius 3 is 1.91 bits per heavy atom. The first-order valence-corrected chi connectivity index (χ1v) is 29.9. The summed E-state index contributed by atoms with van der Waals surface area (Å²) < 4.78 is 58.2. The van der Waals surface area contributed by atoms with Gasteiger partial charge in [0.1, 0.15) is 102 Å². The topological polar surface area (TPSA) is 470 Å². The quantitative estimate of drug-likeness (QED) is 0.0439. The number of fused-ring (bicyclic) bond motifs is 7. The second-order valence-electron chi connectivity index (χ2n) is 27.8. The number of carbonyl (C=O) groups is 2. The SMILES string of the molecule is CC1OC(OC2C(OC(=O)C34CCC(C)(C)CC3C3=CCC5C6(C)CC(O)C(OC7OC(CO)C(O)C(O)C7O)C(CO)(C(=O)O)C6CCC5(C)C3(C)CC4O)OCC(O)C2O)C(O)C(O)C1OC1OCC(O)C(OC2OCC(O)(CO)C2O)C1O. The van der Waals surface area contributed by atoms with Crippen molar-refractivity contribution in [3.8, 4) is 0 Å². The number of esters is 1. The molecule has 5 aliphatic heterocycles. The molecule has 17 N–H and O–H groups in total. The van der Waals surface area contributed by atoms with Crippen LogP contribution in [0.5, 0.6) is 0 Å². The molecule has 29 heteroatoms. The summed E-state index contributed by atoms with van der Waals surface area (Å²) in [5.74, 6) is -4.37. The Hall–Kier alpha value is -2.32. The number of rotatable bonds is 14. The number of hydrogen-bond donors (Lipinski definition) is 17. The molecule has 5 heterocycles. The second kappa shape index (κ2) is 24.0. The van der Waals surface area contributed by atoms with Gasteiger partial charge >= 0.3 is 11.9 Å². The second-order valence-corrected chi connectivity index (χ2v) is 27.8. The fourth-order valence-electron chi connectivity index (χ4n) is 17.4. The van der Waals surface area contributed by atoms with Gasteiger partial charge in [-0.25, -0.2) is 0 Å². The predicted molar refractivity (Wildman–Crippen MR) is 282 cm³/mol. The summed E-state index contributed by atoms with van der Waals surface area (Å²) >= 11 is 0. The van der Waals surface area contributed by atoms with Gasteiger partial charge in [0.15, 0.2) is 31.3 Å². The standard InChI is InChI=1S/C57H90O29/c1-22-39(82-44-38(71)40(27(63)18-77-44)83-48-42(72)55(76,19-59)21-79-48)35(68)37(70)45(80-22)84-41-32(65)26(62)17-78-47(41)86-50(75)56-12-11-51(2,3)13-24(56)23-7-8-29-52(4)14-25(61)43(85-46-36(69)34(67)33(66)28(16-58)81-46)57(20-60,49(73)74)30(52)9-10-53(29,5)54(23,6)15-31(56)64/h7,22,24-48,58-72,76H,8-21H2,1-6H3,(H,73,74). The highest BCUT2D eigenvalue weighted by molar-refractivity contribution is 5.80. The van der Waals surface area contributed by atoms with Crippen molar-refractivity contribution in [1.29, 1.82) is 0 Å². The van der Waals surface area contributed by atoms with Gasteiger partial charge < -0.3 is 134 Å². The number of ether oxygens (including phenoxy) is 10. The maximum absolute atomic E-state index is 15.4. The molecule has 0 bridgehead atoms. The Morgan fingerprint density at radius 1 is 0.616 bits per heavy atom. The van der Waals surface area contributed by atoms with Crippen LogP contribution in [0.1, 0.15) is 92.9 Å². The van der Waals surface area contributed by atoms with Crippen LogP contribution in [0, 0.1) is 50.2 Å². The first kappa shape index (κ1) is 66.6. The van der Waals surface area contributed by atoms with E-state index in [1.807, 2.05) is 19.9 Å². The zero-order valence-corrected chi connectivity index (χ0v) is 49.0. The summed E-state index contributed by atoms with van der Waals surface area (Å²) in [5, 5.41) is 187. The van der Waals surface area contributed by atoms with E-state index in [4.69, 9.17) is 47.4 Å². The number of aliphatic hydroxyl groups is 16. The van der Waals surface area contributed by atoms with Gasteiger partial charge in [0, 0.05) is 0 Å². The van der Waals surface area contributed by atoms with Crippen LogP contribution in [0.3, 0.4) is 0 Å². The van der Waals surface area contributed by atoms with Crippen molar-refractivity contribution in [2.75, 3.05) is 39.6 Å². The lowest BCUT2D eigenvalue weighted by Gasteiger charge is -2.72. The third kappa shape index (κ3) is 10.4. The van der Waals surface area contributed by atoms with Crippen molar-refractivity contribution in [3.63, 3.8) is 0 Å². The van der Waals surface area contributed by atoms with Crippen LogP contribution in [0.2, 0.25) is 0 Å². The highest BCUT2D eigenvalue weighted by Crippen LogP contribution is 2.76. The van der Waals surface area contributed by atoms with Crippen LogP contribution in [0.15, 0.2) is 11.6 Å². The van der Waals surface area contributed by atoms with Crippen molar-refractivity contribution in [1.82, 2.24) is 0 Å². The number of allylic oxidation sites excluding steroid dienone is 2. The van der Waals surface area contributed by atoms with Gasteiger partial charge in [-0.15, -0.1) is 0 Å². The third-order valence-electron chi connectivity index (χ3n) is 22.6. The molecule has 10 rings (SSSR count). The van der Waals surface area contributed by atoms with E-state index in [9.17, 15) is 91.6 Å². The number of aliphatic carboxylic acids is 1. The molecule has 32 unspecified atom stereocenters. The van der Waals surface area contributed by atoms with Gasteiger partial charge in [-0.05, 0) is 97.7 Å². The molecule has 5 saturated heterocycles. The minimum Gasteiger partial charge on any atom is -0.481 e. The maximum atomic E-state index is 15.4. The average Bonchev–Trinajstić information content (AvgIpc) is 0.892. The van der Waals surface area contributed by atoms with Crippen molar-refractivity contribution >= 4 is 11.9 Å². The minimum absolute atomic E-state index is 0.00616. The van der Waals surface area contributed by atoms with Gasteiger partial charge in [-0.1, -0.05) is 46.3 Å². The molecule has 9 fully saturated rings. The van der Waals surface area contributed by atoms with E-state index >= 15 is 4.79 Å². The van der Waals surface area contributed by atoms with Crippen LogP contribution in [-0.2, 0) is 57.0 Å². The average molecular weight is 1240 g/mol. The van der Waals surface area contributed by atoms with Crippen LogP contribution < -0.4 is 0 Å². The lowest BCUT2D eigenvalue weighted by molar-refractivity contribution is -0.372. The summed E-state index contributed by atoms with van der Waals surface area (Å²) in [4.78, 5) is 29.3. The monoisotopic (exact) mass is 1240 g/mol. The normalized spacial score (nSPS) is 54.6. The Morgan fingerprint density at radius 2 is 1.26 bits per heavy atom. The summed E-state index contributed by atoms with van der Waals surface area (Å²) in [6, 6.07) is 0.